The van der Waals surface area contributed by atoms with Crippen molar-refractivity contribution in [2.24, 2.45) is 0 Å². The van der Waals surface area contributed by atoms with Crippen LogP contribution >= 0.6 is 27.5 Å². The van der Waals surface area contributed by atoms with Gasteiger partial charge in [0.15, 0.2) is 6.29 Å². The SMILES string of the molecule is OC(CC1OCCO1)c1ccc(Br)c(Cl)c1F. The van der Waals surface area contributed by atoms with E-state index in [1.54, 1.807) is 6.07 Å². The van der Waals surface area contributed by atoms with Crippen LogP contribution in [0.25, 0.3) is 0 Å². The van der Waals surface area contributed by atoms with E-state index in [-0.39, 0.29) is 17.0 Å². The molecule has 1 fully saturated rings. The quantitative estimate of drug-likeness (QED) is 0.868. The molecule has 0 spiro atoms. The first-order valence-corrected chi connectivity index (χ1v) is 6.31. The molecular weight excluding hydrogens is 314 g/mol. The molecule has 94 valence electrons. The van der Waals surface area contributed by atoms with Crippen LogP contribution in [0.4, 0.5) is 4.39 Å². The lowest BCUT2D eigenvalue weighted by Gasteiger charge is -2.16. The Balaban J connectivity index is 2.13. The average molecular weight is 326 g/mol. The molecule has 0 aliphatic carbocycles. The fourth-order valence-electron chi connectivity index (χ4n) is 1.65. The topological polar surface area (TPSA) is 38.7 Å². The Morgan fingerprint density at radius 1 is 1.47 bits per heavy atom. The molecule has 3 nitrogen and oxygen atoms in total. The van der Waals surface area contributed by atoms with Crippen LogP contribution in [0.15, 0.2) is 16.6 Å². The molecule has 0 aromatic heterocycles. The van der Waals surface area contributed by atoms with E-state index in [1.165, 1.54) is 6.07 Å². The second-order valence-electron chi connectivity index (χ2n) is 3.69. The highest BCUT2D eigenvalue weighted by molar-refractivity contribution is 9.10. The lowest BCUT2D eigenvalue weighted by molar-refractivity contribution is -0.0711. The van der Waals surface area contributed by atoms with Crippen molar-refractivity contribution >= 4 is 27.5 Å². The summed E-state index contributed by atoms with van der Waals surface area (Å²) in [6, 6.07) is 3.09. The van der Waals surface area contributed by atoms with Crippen molar-refractivity contribution in [3.63, 3.8) is 0 Å². The minimum atomic E-state index is -0.997. The summed E-state index contributed by atoms with van der Waals surface area (Å²) in [5.74, 6) is -0.619. The molecule has 6 heteroatoms. The van der Waals surface area contributed by atoms with Crippen LogP contribution in [0, 0.1) is 5.82 Å². The molecule has 1 saturated heterocycles. The highest BCUT2D eigenvalue weighted by Gasteiger charge is 2.24. The Hall–Kier alpha value is -0.200. The molecule has 1 aromatic carbocycles. The van der Waals surface area contributed by atoms with E-state index in [9.17, 15) is 9.50 Å². The van der Waals surface area contributed by atoms with Crippen LogP contribution < -0.4 is 0 Å². The molecule has 2 rings (SSSR count). The number of hydrogen-bond donors (Lipinski definition) is 1. The van der Waals surface area contributed by atoms with Crippen LogP contribution in [-0.4, -0.2) is 24.6 Å². The number of halogens is 3. The molecule has 1 heterocycles. The Morgan fingerprint density at radius 2 is 2.12 bits per heavy atom. The largest absolute Gasteiger partial charge is 0.388 e. The van der Waals surface area contributed by atoms with Crippen LogP contribution in [0.1, 0.15) is 18.1 Å². The van der Waals surface area contributed by atoms with Crippen molar-refractivity contribution in [2.45, 2.75) is 18.8 Å². The van der Waals surface area contributed by atoms with E-state index >= 15 is 0 Å². The Labute approximate surface area is 112 Å². The van der Waals surface area contributed by atoms with E-state index in [2.05, 4.69) is 15.9 Å². The molecule has 1 N–H and O–H groups in total. The minimum Gasteiger partial charge on any atom is -0.388 e. The van der Waals surface area contributed by atoms with Crippen molar-refractivity contribution in [3.8, 4) is 0 Å². The molecule has 1 aromatic rings. The van der Waals surface area contributed by atoms with Crippen molar-refractivity contribution in [2.75, 3.05) is 13.2 Å². The maximum atomic E-state index is 13.8. The summed E-state index contributed by atoms with van der Waals surface area (Å²) < 4.78 is 24.6. The van der Waals surface area contributed by atoms with Gasteiger partial charge in [0.1, 0.15) is 5.82 Å². The average Bonchev–Trinajstić information content (AvgIpc) is 2.78. The van der Waals surface area contributed by atoms with Gasteiger partial charge in [0.05, 0.1) is 24.3 Å². The molecule has 17 heavy (non-hydrogen) atoms. The minimum absolute atomic E-state index is 0.0326. The maximum absolute atomic E-state index is 13.8. The summed E-state index contributed by atoms with van der Waals surface area (Å²) in [5, 5.41) is 9.87. The van der Waals surface area contributed by atoms with Crippen LogP contribution in [-0.2, 0) is 9.47 Å². The Kier molecular flexibility index (Phi) is 4.38. The highest BCUT2D eigenvalue weighted by Crippen LogP contribution is 2.32. The lowest BCUT2D eigenvalue weighted by atomic mass is 10.1. The van der Waals surface area contributed by atoms with E-state index in [4.69, 9.17) is 21.1 Å². The normalized spacial score (nSPS) is 18.6. The molecule has 1 unspecified atom stereocenters. The first-order valence-electron chi connectivity index (χ1n) is 5.14. The third-order valence-corrected chi connectivity index (χ3v) is 3.79. The van der Waals surface area contributed by atoms with Gasteiger partial charge < -0.3 is 14.6 Å². The van der Waals surface area contributed by atoms with Gasteiger partial charge in [-0.3, -0.25) is 0 Å². The predicted molar refractivity (Wildman–Crippen MR) is 64.4 cm³/mol. The zero-order valence-electron chi connectivity index (χ0n) is 8.83. The molecule has 0 bridgehead atoms. The first kappa shape index (κ1) is 13.2. The zero-order valence-corrected chi connectivity index (χ0v) is 11.2. The molecule has 1 aliphatic heterocycles. The predicted octanol–water partition coefficient (Wildman–Crippen LogP) is 3.04. The summed E-state index contributed by atoms with van der Waals surface area (Å²) >= 11 is 8.86. The first-order chi connectivity index (χ1) is 8.09. The van der Waals surface area contributed by atoms with Crippen molar-refractivity contribution < 1.29 is 19.0 Å². The molecule has 1 aliphatic rings. The highest BCUT2D eigenvalue weighted by atomic mass is 79.9. The number of rotatable bonds is 3. The number of hydrogen-bond acceptors (Lipinski definition) is 3. The van der Waals surface area contributed by atoms with E-state index in [0.29, 0.717) is 17.7 Å². The third-order valence-electron chi connectivity index (χ3n) is 2.53. The van der Waals surface area contributed by atoms with Gasteiger partial charge in [0.2, 0.25) is 0 Å². The van der Waals surface area contributed by atoms with Crippen molar-refractivity contribution in [1.82, 2.24) is 0 Å². The molecular formula is C11H11BrClFO3. The molecule has 1 atom stereocenters. The summed E-state index contributed by atoms with van der Waals surface area (Å²) in [6.45, 7) is 1.00. The van der Waals surface area contributed by atoms with Gasteiger partial charge in [-0.25, -0.2) is 4.39 Å². The van der Waals surface area contributed by atoms with Gasteiger partial charge in [0, 0.05) is 16.5 Å². The van der Waals surface area contributed by atoms with Gasteiger partial charge in [0.25, 0.3) is 0 Å². The van der Waals surface area contributed by atoms with Gasteiger partial charge in [-0.2, -0.15) is 0 Å². The molecule has 0 saturated carbocycles. The smallest absolute Gasteiger partial charge is 0.160 e. The van der Waals surface area contributed by atoms with E-state index in [1.807, 2.05) is 0 Å². The standard InChI is InChI=1S/C11H11BrClFO3/c12-7-2-1-6(11(14)10(7)13)8(15)5-9-16-3-4-17-9/h1-2,8-9,15H,3-5H2. The summed E-state index contributed by atoms with van der Waals surface area (Å²) in [7, 11) is 0. The molecule has 0 amide bonds. The monoisotopic (exact) mass is 324 g/mol. The van der Waals surface area contributed by atoms with E-state index < -0.39 is 18.2 Å². The fraction of sp³-hybridized carbons (Fsp3) is 0.455. The number of aliphatic hydroxyl groups excluding tert-OH is 1. The Bertz CT molecular complexity index is 410. The third kappa shape index (κ3) is 2.98. The Morgan fingerprint density at radius 3 is 2.76 bits per heavy atom. The summed E-state index contributed by atoms with van der Waals surface area (Å²) in [6.07, 6.45) is -1.29. The number of aliphatic hydroxyl groups is 1. The number of ether oxygens (including phenoxy) is 2. The van der Waals surface area contributed by atoms with Crippen molar-refractivity contribution in [3.05, 3.63) is 33.0 Å². The fourth-order valence-corrected chi connectivity index (χ4v) is 2.13. The van der Waals surface area contributed by atoms with Crippen LogP contribution in [0.2, 0.25) is 5.02 Å². The molecule has 0 radical (unpaired) electrons. The van der Waals surface area contributed by atoms with Crippen LogP contribution in [0.3, 0.4) is 0 Å². The van der Waals surface area contributed by atoms with Crippen molar-refractivity contribution in [1.29, 1.82) is 0 Å². The summed E-state index contributed by atoms with van der Waals surface area (Å²) in [4.78, 5) is 0. The lowest BCUT2D eigenvalue weighted by Crippen LogP contribution is -2.14. The van der Waals surface area contributed by atoms with Gasteiger partial charge in [-0.05, 0) is 22.0 Å². The van der Waals surface area contributed by atoms with Gasteiger partial charge in [-0.15, -0.1) is 0 Å². The number of benzene rings is 1. The van der Waals surface area contributed by atoms with Gasteiger partial charge in [-0.1, -0.05) is 17.7 Å². The second-order valence-corrected chi connectivity index (χ2v) is 4.92. The maximum Gasteiger partial charge on any atom is 0.160 e. The zero-order chi connectivity index (χ0) is 12.4. The van der Waals surface area contributed by atoms with Crippen LogP contribution in [0.5, 0.6) is 0 Å². The van der Waals surface area contributed by atoms with Gasteiger partial charge >= 0.3 is 0 Å². The summed E-state index contributed by atoms with van der Waals surface area (Å²) in [5.41, 5.74) is 0.150. The van der Waals surface area contributed by atoms with E-state index in [0.717, 1.165) is 0 Å². The second kappa shape index (κ2) is 5.63.